The van der Waals surface area contributed by atoms with Crippen molar-refractivity contribution < 1.29 is 4.79 Å². The Balaban J connectivity index is 2.19. The predicted molar refractivity (Wildman–Crippen MR) is 80.0 cm³/mol. The van der Waals surface area contributed by atoms with Crippen molar-refractivity contribution in [2.45, 2.75) is 47.0 Å². The Morgan fingerprint density at radius 3 is 2.37 bits per heavy atom. The van der Waals surface area contributed by atoms with E-state index in [-0.39, 0.29) is 10.8 Å². The van der Waals surface area contributed by atoms with Crippen LogP contribution in [0.3, 0.4) is 0 Å². The highest BCUT2D eigenvalue weighted by atomic mass is 16.1. The Bertz CT molecular complexity index is 496. The summed E-state index contributed by atoms with van der Waals surface area (Å²) >= 11 is 0. The minimum atomic E-state index is -0.294. The average Bonchev–Trinajstić information content (AvgIpc) is 2.41. The zero-order valence-corrected chi connectivity index (χ0v) is 12.5. The van der Waals surface area contributed by atoms with Gasteiger partial charge in [-0.3, -0.25) is 4.79 Å². The van der Waals surface area contributed by atoms with Crippen LogP contribution in [0.5, 0.6) is 0 Å². The summed E-state index contributed by atoms with van der Waals surface area (Å²) in [6.45, 7) is 8.36. The van der Waals surface area contributed by atoms with Crippen molar-refractivity contribution >= 4 is 5.78 Å². The van der Waals surface area contributed by atoms with E-state index in [0.29, 0.717) is 5.78 Å². The lowest BCUT2D eigenvalue weighted by molar-refractivity contribution is -0.135. The third-order valence-corrected chi connectivity index (χ3v) is 4.66. The molecular weight excluding hydrogens is 232 g/mol. The summed E-state index contributed by atoms with van der Waals surface area (Å²) in [6, 6.07) is 10.4. The van der Waals surface area contributed by atoms with E-state index in [1.54, 1.807) is 0 Å². The number of aryl methyl sites for hydroxylation is 1. The van der Waals surface area contributed by atoms with Crippen LogP contribution in [-0.2, 0) is 11.2 Å². The summed E-state index contributed by atoms with van der Waals surface area (Å²) in [5.74, 6) is 0.399. The van der Waals surface area contributed by atoms with E-state index in [9.17, 15) is 4.79 Å². The number of allylic oxidation sites excluding steroid dienone is 2. The molecule has 1 aliphatic carbocycles. The van der Waals surface area contributed by atoms with Gasteiger partial charge < -0.3 is 0 Å². The first kappa shape index (κ1) is 14.0. The number of ketones is 1. The van der Waals surface area contributed by atoms with Crippen LogP contribution >= 0.6 is 0 Å². The molecule has 1 aromatic rings. The first-order valence-corrected chi connectivity index (χ1v) is 7.12. The number of Topliss-reactive ketones (excluding diaryl/α,β-unsaturated/α-hetero) is 1. The average molecular weight is 256 g/mol. The second kappa shape index (κ2) is 4.96. The quantitative estimate of drug-likeness (QED) is 0.724. The van der Waals surface area contributed by atoms with E-state index in [1.807, 2.05) is 6.07 Å². The molecule has 0 saturated heterocycles. The van der Waals surface area contributed by atoms with Gasteiger partial charge in [-0.2, -0.15) is 0 Å². The van der Waals surface area contributed by atoms with Crippen LogP contribution < -0.4 is 0 Å². The third-order valence-electron chi connectivity index (χ3n) is 4.66. The Morgan fingerprint density at radius 1 is 1.11 bits per heavy atom. The van der Waals surface area contributed by atoms with Crippen LogP contribution in [-0.4, -0.2) is 5.78 Å². The number of rotatable bonds is 3. The van der Waals surface area contributed by atoms with Gasteiger partial charge >= 0.3 is 0 Å². The van der Waals surface area contributed by atoms with Gasteiger partial charge in [-0.1, -0.05) is 55.8 Å². The summed E-state index contributed by atoms with van der Waals surface area (Å²) in [5.41, 5.74) is 2.04. The van der Waals surface area contributed by atoms with Crippen molar-refractivity contribution in [1.29, 1.82) is 0 Å². The van der Waals surface area contributed by atoms with E-state index >= 15 is 0 Å². The maximum absolute atomic E-state index is 12.8. The monoisotopic (exact) mass is 256 g/mol. The molecule has 1 heteroatoms. The largest absolute Gasteiger partial charge is 0.298 e. The van der Waals surface area contributed by atoms with Crippen LogP contribution in [0, 0.1) is 10.8 Å². The Kier molecular flexibility index (Phi) is 3.66. The van der Waals surface area contributed by atoms with Gasteiger partial charge in [-0.05, 0) is 38.7 Å². The van der Waals surface area contributed by atoms with Gasteiger partial charge in [-0.25, -0.2) is 0 Å². The Hall–Kier alpha value is -1.37. The lowest BCUT2D eigenvalue weighted by Gasteiger charge is -2.40. The highest BCUT2D eigenvalue weighted by Gasteiger charge is 2.45. The molecular formula is C18H24O. The molecule has 0 saturated carbocycles. The fourth-order valence-corrected chi connectivity index (χ4v) is 3.00. The number of carbonyl (C=O) groups excluding carboxylic acids is 1. The molecule has 0 radical (unpaired) electrons. The van der Waals surface area contributed by atoms with E-state index in [0.717, 1.165) is 19.3 Å². The maximum atomic E-state index is 12.8. The zero-order chi connectivity index (χ0) is 14.1. The molecule has 1 unspecified atom stereocenters. The van der Waals surface area contributed by atoms with Crippen molar-refractivity contribution in [1.82, 2.24) is 0 Å². The van der Waals surface area contributed by atoms with Gasteiger partial charge in [0.1, 0.15) is 5.78 Å². The Labute approximate surface area is 116 Å². The molecule has 0 bridgehead atoms. The van der Waals surface area contributed by atoms with Crippen LogP contribution in [0.25, 0.3) is 0 Å². The SMILES string of the molecule is CC1=CCC(C)(C)C(=O)C1(C)CCc1ccccc1. The molecule has 0 spiro atoms. The molecule has 1 nitrogen and oxygen atoms in total. The summed E-state index contributed by atoms with van der Waals surface area (Å²) in [7, 11) is 0. The molecule has 2 rings (SSSR count). The topological polar surface area (TPSA) is 17.1 Å². The van der Waals surface area contributed by atoms with Crippen molar-refractivity contribution in [3.05, 3.63) is 47.5 Å². The number of hydrogen-bond donors (Lipinski definition) is 0. The van der Waals surface area contributed by atoms with Crippen LogP contribution in [0.4, 0.5) is 0 Å². The first-order valence-electron chi connectivity index (χ1n) is 7.12. The lowest BCUT2D eigenvalue weighted by atomic mass is 9.61. The van der Waals surface area contributed by atoms with E-state index in [4.69, 9.17) is 0 Å². The minimum Gasteiger partial charge on any atom is -0.298 e. The second-order valence-electron chi connectivity index (χ2n) is 6.62. The zero-order valence-electron chi connectivity index (χ0n) is 12.5. The first-order chi connectivity index (χ1) is 8.86. The van der Waals surface area contributed by atoms with Gasteiger partial charge in [-0.15, -0.1) is 0 Å². The predicted octanol–water partition coefficient (Wildman–Crippen LogP) is 4.57. The number of carbonyl (C=O) groups is 1. The van der Waals surface area contributed by atoms with Gasteiger partial charge in [0.25, 0.3) is 0 Å². The minimum absolute atomic E-state index is 0.217. The normalized spacial score (nSPS) is 26.1. The standard InChI is InChI=1S/C18H24O/c1-14-10-12-17(2,3)16(19)18(14,4)13-11-15-8-6-5-7-9-15/h5-10H,11-13H2,1-4H3. The second-order valence-corrected chi connectivity index (χ2v) is 6.62. The molecule has 102 valence electrons. The Morgan fingerprint density at radius 2 is 1.74 bits per heavy atom. The lowest BCUT2D eigenvalue weighted by Crippen LogP contribution is -2.42. The molecule has 1 aromatic carbocycles. The maximum Gasteiger partial charge on any atom is 0.148 e. The van der Waals surface area contributed by atoms with Gasteiger partial charge in [0, 0.05) is 10.8 Å². The number of benzene rings is 1. The summed E-state index contributed by atoms with van der Waals surface area (Å²) in [4.78, 5) is 12.8. The fourth-order valence-electron chi connectivity index (χ4n) is 3.00. The van der Waals surface area contributed by atoms with Crippen LogP contribution in [0.2, 0.25) is 0 Å². The third kappa shape index (κ3) is 2.65. The van der Waals surface area contributed by atoms with Crippen molar-refractivity contribution in [2.24, 2.45) is 10.8 Å². The number of hydrogen-bond acceptors (Lipinski definition) is 1. The van der Waals surface area contributed by atoms with Crippen molar-refractivity contribution in [2.75, 3.05) is 0 Å². The molecule has 1 aliphatic rings. The fraction of sp³-hybridized carbons (Fsp3) is 0.500. The molecule has 0 fully saturated rings. The molecule has 1 atom stereocenters. The molecule has 0 aromatic heterocycles. The van der Waals surface area contributed by atoms with E-state index in [2.05, 4.69) is 58.0 Å². The highest BCUT2D eigenvalue weighted by molar-refractivity contribution is 5.93. The van der Waals surface area contributed by atoms with E-state index < -0.39 is 0 Å². The molecule has 0 N–H and O–H groups in total. The van der Waals surface area contributed by atoms with Gasteiger partial charge in [0.15, 0.2) is 0 Å². The molecule has 0 aliphatic heterocycles. The molecule has 0 heterocycles. The van der Waals surface area contributed by atoms with Crippen molar-refractivity contribution in [3.63, 3.8) is 0 Å². The van der Waals surface area contributed by atoms with Gasteiger partial charge in [0.2, 0.25) is 0 Å². The smallest absolute Gasteiger partial charge is 0.148 e. The summed E-state index contributed by atoms with van der Waals surface area (Å²) in [5, 5.41) is 0. The molecule has 0 amide bonds. The van der Waals surface area contributed by atoms with E-state index in [1.165, 1.54) is 11.1 Å². The van der Waals surface area contributed by atoms with Crippen molar-refractivity contribution in [3.8, 4) is 0 Å². The van der Waals surface area contributed by atoms with Gasteiger partial charge in [0.05, 0.1) is 0 Å². The molecule has 19 heavy (non-hydrogen) atoms. The summed E-state index contributed by atoms with van der Waals surface area (Å²) in [6.07, 6.45) is 5.00. The van der Waals surface area contributed by atoms with Crippen LogP contribution in [0.15, 0.2) is 42.0 Å². The van der Waals surface area contributed by atoms with Crippen LogP contribution in [0.1, 0.15) is 46.1 Å². The summed E-state index contributed by atoms with van der Waals surface area (Å²) < 4.78 is 0. The highest BCUT2D eigenvalue weighted by Crippen LogP contribution is 2.45.